The molecule has 2 N–H and O–H groups in total. The molecule has 3 rings (SSSR count). The van der Waals surface area contributed by atoms with Crippen LogP contribution in [0.4, 0.5) is 18.9 Å². The number of nitrogens with one attached hydrogen (secondary N) is 1. The Hall–Kier alpha value is -1.80. The summed E-state index contributed by atoms with van der Waals surface area (Å²) in [5.41, 5.74) is 0.219. The summed E-state index contributed by atoms with van der Waals surface area (Å²) in [5.74, 6) is -0.632. The van der Waals surface area contributed by atoms with Gasteiger partial charge in [-0.25, -0.2) is 0 Å². The zero-order chi connectivity index (χ0) is 20.6. The van der Waals surface area contributed by atoms with Gasteiger partial charge in [0.05, 0.1) is 29.9 Å². The minimum Gasteiger partial charge on any atom is -0.391 e. The Labute approximate surface area is 169 Å². The molecule has 2 atom stereocenters. The van der Waals surface area contributed by atoms with E-state index in [1.807, 2.05) is 0 Å². The maximum atomic E-state index is 13.1. The lowest BCUT2D eigenvalue weighted by Gasteiger charge is -2.27. The molecule has 0 unspecified atom stereocenters. The van der Waals surface area contributed by atoms with E-state index in [9.17, 15) is 23.1 Å². The van der Waals surface area contributed by atoms with Crippen LogP contribution >= 0.6 is 23.2 Å². The van der Waals surface area contributed by atoms with Crippen molar-refractivity contribution in [2.45, 2.75) is 24.7 Å². The standard InChI is InChI=1S/C19H17Cl2F3N2O2/c1-26(18-12-6-10(20)7-14(21)11(12)8-16(18)27)9-17(28)25-15-5-3-2-4-13(15)19(22,23)24/h2-7,16,18,27H,8-9H2,1H3,(H,25,28)/t16-,18+/m0/s1. The molecule has 150 valence electrons. The number of fused-ring (bicyclic) bond motifs is 1. The Balaban J connectivity index is 1.77. The Kier molecular flexibility index (Phi) is 5.91. The fourth-order valence-corrected chi connectivity index (χ4v) is 4.10. The van der Waals surface area contributed by atoms with Crippen molar-refractivity contribution >= 4 is 34.8 Å². The molecule has 1 aliphatic rings. The van der Waals surface area contributed by atoms with E-state index in [4.69, 9.17) is 23.2 Å². The van der Waals surface area contributed by atoms with Crippen LogP contribution < -0.4 is 5.32 Å². The second kappa shape index (κ2) is 7.91. The summed E-state index contributed by atoms with van der Waals surface area (Å²) in [6, 6.07) is 7.48. The van der Waals surface area contributed by atoms with Crippen molar-refractivity contribution < 1.29 is 23.1 Å². The van der Waals surface area contributed by atoms with E-state index in [1.165, 1.54) is 18.2 Å². The zero-order valence-corrected chi connectivity index (χ0v) is 16.2. The van der Waals surface area contributed by atoms with E-state index in [-0.39, 0.29) is 12.2 Å². The zero-order valence-electron chi connectivity index (χ0n) is 14.7. The summed E-state index contributed by atoms with van der Waals surface area (Å²) in [6.45, 7) is -0.225. The minimum absolute atomic E-state index is 0.225. The molecule has 2 aromatic rings. The molecule has 0 radical (unpaired) electrons. The van der Waals surface area contributed by atoms with Crippen molar-refractivity contribution in [2.24, 2.45) is 0 Å². The molecule has 4 nitrogen and oxygen atoms in total. The SMILES string of the molecule is CN(CC(=O)Nc1ccccc1C(F)(F)F)[C@@H]1c2cc(Cl)cc(Cl)c2C[C@@H]1O. The van der Waals surface area contributed by atoms with Gasteiger partial charge >= 0.3 is 6.18 Å². The van der Waals surface area contributed by atoms with Crippen LogP contribution in [0.15, 0.2) is 36.4 Å². The number of hydrogen-bond donors (Lipinski definition) is 2. The highest BCUT2D eigenvalue weighted by Crippen LogP contribution is 2.41. The third-order valence-corrected chi connectivity index (χ3v) is 5.22. The first-order chi connectivity index (χ1) is 13.1. The third-order valence-electron chi connectivity index (χ3n) is 4.67. The third kappa shape index (κ3) is 4.27. The van der Waals surface area contributed by atoms with E-state index < -0.39 is 29.8 Å². The van der Waals surface area contributed by atoms with Gasteiger partial charge in [-0.2, -0.15) is 13.2 Å². The molecule has 1 amide bonds. The largest absolute Gasteiger partial charge is 0.418 e. The van der Waals surface area contributed by atoms with Gasteiger partial charge in [0, 0.05) is 16.5 Å². The van der Waals surface area contributed by atoms with Crippen molar-refractivity contribution in [1.82, 2.24) is 4.90 Å². The smallest absolute Gasteiger partial charge is 0.391 e. The highest BCUT2D eigenvalue weighted by molar-refractivity contribution is 6.35. The normalized spacial score (nSPS) is 19.0. The molecule has 0 saturated carbocycles. The maximum absolute atomic E-state index is 13.1. The number of carbonyl (C=O) groups excluding carboxylic acids is 1. The first-order valence-electron chi connectivity index (χ1n) is 8.40. The van der Waals surface area contributed by atoms with Crippen LogP contribution in [0.2, 0.25) is 10.0 Å². The molecular formula is C19H17Cl2F3N2O2. The van der Waals surface area contributed by atoms with E-state index in [1.54, 1.807) is 24.1 Å². The summed E-state index contributed by atoms with van der Waals surface area (Å²) >= 11 is 12.2. The summed E-state index contributed by atoms with van der Waals surface area (Å²) in [4.78, 5) is 13.9. The highest BCUT2D eigenvalue weighted by atomic mass is 35.5. The number of para-hydroxylation sites is 1. The second-order valence-electron chi connectivity index (χ2n) is 6.68. The van der Waals surface area contributed by atoms with E-state index >= 15 is 0 Å². The Morgan fingerprint density at radius 1 is 1.29 bits per heavy atom. The number of alkyl halides is 3. The van der Waals surface area contributed by atoms with Gasteiger partial charge in [0.1, 0.15) is 0 Å². The molecule has 2 aromatic carbocycles. The second-order valence-corrected chi connectivity index (χ2v) is 7.52. The van der Waals surface area contributed by atoms with Crippen LogP contribution in [-0.4, -0.2) is 35.6 Å². The number of benzene rings is 2. The molecule has 0 aliphatic heterocycles. The molecule has 0 aromatic heterocycles. The lowest BCUT2D eigenvalue weighted by atomic mass is 10.1. The number of aliphatic hydroxyl groups is 1. The van der Waals surface area contributed by atoms with Gasteiger partial charge in [-0.05, 0) is 42.4 Å². The van der Waals surface area contributed by atoms with Crippen molar-refractivity contribution in [3.8, 4) is 0 Å². The van der Waals surface area contributed by atoms with Crippen molar-refractivity contribution in [1.29, 1.82) is 0 Å². The summed E-state index contributed by atoms with van der Waals surface area (Å²) in [7, 11) is 1.60. The van der Waals surface area contributed by atoms with E-state index in [0.717, 1.165) is 11.6 Å². The minimum atomic E-state index is -4.58. The number of rotatable bonds is 4. The van der Waals surface area contributed by atoms with Gasteiger partial charge in [0.2, 0.25) is 5.91 Å². The number of amides is 1. The molecule has 0 heterocycles. The van der Waals surface area contributed by atoms with Gasteiger partial charge in [-0.15, -0.1) is 0 Å². The molecule has 9 heteroatoms. The van der Waals surface area contributed by atoms with Crippen LogP contribution in [0, 0.1) is 0 Å². The van der Waals surface area contributed by atoms with Crippen LogP contribution in [0.1, 0.15) is 22.7 Å². The quantitative estimate of drug-likeness (QED) is 0.745. The summed E-state index contributed by atoms with van der Waals surface area (Å²) in [6.07, 6.45) is -5.09. The summed E-state index contributed by atoms with van der Waals surface area (Å²) < 4.78 is 39.2. The Morgan fingerprint density at radius 2 is 1.96 bits per heavy atom. The Morgan fingerprint density at radius 3 is 2.64 bits per heavy atom. The average Bonchev–Trinajstić information content (AvgIpc) is 2.90. The first-order valence-corrected chi connectivity index (χ1v) is 9.15. The van der Waals surface area contributed by atoms with Crippen LogP contribution in [-0.2, 0) is 17.4 Å². The van der Waals surface area contributed by atoms with Gasteiger partial charge < -0.3 is 10.4 Å². The molecule has 0 spiro atoms. The van der Waals surface area contributed by atoms with Crippen molar-refractivity contribution in [2.75, 3.05) is 18.9 Å². The summed E-state index contributed by atoms with van der Waals surface area (Å²) in [5, 5.41) is 13.6. The van der Waals surface area contributed by atoms with Gasteiger partial charge in [-0.1, -0.05) is 35.3 Å². The lowest BCUT2D eigenvalue weighted by Crippen LogP contribution is -2.37. The average molecular weight is 433 g/mol. The molecule has 1 aliphatic carbocycles. The predicted octanol–water partition coefficient (Wildman–Crippen LogP) is 4.54. The Bertz CT molecular complexity index is 905. The van der Waals surface area contributed by atoms with E-state index in [0.29, 0.717) is 22.0 Å². The van der Waals surface area contributed by atoms with Gasteiger partial charge in [0.25, 0.3) is 0 Å². The highest BCUT2D eigenvalue weighted by Gasteiger charge is 2.37. The number of likely N-dealkylation sites (N-methyl/N-ethyl adjacent to an activating group) is 1. The van der Waals surface area contributed by atoms with Gasteiger partial charge in [0.15, 0.2) is 0 Å². The van der Waals surface area contributed by atoms with Crippen LogP contribution in [0.5, 0.6) is 0 Å². The molecule has 0 saturated heterocycles. The number of nitrogens with zero attached hydrogens (tertiary/aromatic N) is 1. The van der Waals surface area contributed by atoms with Crippen LogP contribution in [0.25, 0.3) is 0 Å². The fraction of sp³-hybridized carbons (Fsp3) is 0.316. The van der Waals surface area contributed by atoms with Crippen molar-refractivity contribution in [3.63, 3.8) is 0 Å². The molecule has 0 bridgehead atoms. The number of anilines is 1. The van der Waals surface area contributed by atoms with Gasteiger partial charge in [-0.3, -0.25) is 9.69 Å². The number of carbonyl (C=O) groups is 1. The molecule has 0 fully saturated rings. The number of aliphatic hydroxyl groups excluding tert-OH is 1. The van der Waals surface area contributed by atoms with Crippen molar-refractivity contribution in [3.05, 3.63) is 63.1 Å². The molecular weight excluding hydrogens is 416 g/mol. The lowest BCUT2D eigenvalue weighted by molar-refractivity contribution is -0.137. The predicted molar refractivity (Wildman–Crippen MR) is 102 cm³/mol. The first kappa shape index (κ1) is 20.9. The fourth-order valence-electron chi connectivity index (χ4n) is 3.52. The topological polar surface area (TPSA) is 52.6 Å². The maximum Gasteiger partial charge on any atom is 0.418 e. The number of halogens is 5. The molecule has 28 heavy (non-hydrogen) atoms. The van der Waals surface area contributed by atoms with E-state index in [2.05, 4.69) is 5.32 Å². The number of hydrogen-bond acceptors (Lipinski definition) is 3. The monoisotopic (exact) mass is 432 g/mol. The van der Waals surface area contributed by atoms with Crippen LogP contribution in [0.3, 0.4) is 0 Å².